The molecule has 0 aromatic carbocycles. The van der Waals surface area contributed by atoms with Gasteiger partial charge in [-0.25, -0.2) is 4.39 Å². The van der Waals surface area contributed by atoms with Crippen LogP contribution in [0.4, 0.5) is 4.39 Å². The first-order valence-electron chi connectivity index (χ1n) is 3.02. The second-order valence-corrected chi connectivity index (χ2v) is 2.24. The summed E-state index contributed by atoms with van der Waals surface area (Å²) in [4.78, 5) is 0. The monoisotopic (exact) mass is 115 g/mol. The van der Waals surface area contributed by atoms with E-state index in [1.165, 1.54) is 0 Å². The quantitative estimate of drug-likeness (QED) is 0.498. The summed E-state index contributed by atoms with van der Waals surface area (Å²) in [6.07, 6.45) is 2.33. The summed E-state index contributed by atoms with van der Waals surface area (Å²) in [5.41, 5.74) is 0.302. The van der Waals surface area contributed by atoms with Gasteiger partial charge in [0.25, 0.3) is 0 Å². The van der Waals surface area contributed by atoms with Gasteiger partial charge in [-0.15, -0.1) is 0 Å². The van der Waals surface area contributed by atoms with E-state index in [2.05, 4.69) is 0 Å². The zero-order chi connectivity index (χ0) is 5.98. The van der Waals surface area contributed by atoms with E-state index < -0.39 is 6.17 Å². The molecule has 0 amide bonds. The average Bonchev–Trinajstić information content (AvgIpc) is 1.77. The molecule has 1 N–H and O–H groups in total. The van der Waals surface area contributed by atoms with E-state index in [-0.39, 0.29) is 0 Å². The zero-order valence-electron chi connectivity index (χ0n) is 4.78. The van der Waals surface area contributed by atoms with Crippen molar-refractivity contribution in [3.8, 4) is 0 Å². The van der Waals surface area contributed by atoms with Crippen LogP contribution in [0.3, 0.4) is 0 Å². The summed E-state index contributed by atoms with van der Waals surface area (Å²) in [5.74, 6) is 0. The maximum absolute atomic E-state index is 12.4. The van der Waals surface area contributed by atoms with Gasteiger partial charge in [0, 0.05) is 5.71 Å². The second kappa shape index (κ2) is 2.25. The Morgan fingerprint density at radius 2 is 2.25 bits per heavy atom. The van der Waals surface area contributed by atoms with Crippen LogP contribution in [0, 0.1) is 5.41 Å². The Morgan fingerprint density at radius 1 is 1.50 bits per heavy atom. The Morgan fingerprint density at radius 3 is 2.62 bits per heavy atom. The van der Waals surface area contributed by atoms with Crippen LogP contribution in [0.1, 0.15) is 25.7 Å². The summed E-state index contributed by atoms with van der Waals surface area (Å²) in [5, 5.41) is 7.02. The maximum Gasteiger partial charge on any atom is 0.137 e. The molecule has 0 heterocycles. The van der Waals surface area contributed by atoms with Gasteiger partial charge in [-0.3, -0.25) is 0 Å². The third-order valence-corrected chi connectivity index (χ3v) is 1.53. The Labute approximate surface area is 48.4 Å². The molecule has 0 bridgehead atoms. The standard InChI is InChI=1S/C6H10FN/c7-5-3-1-2-4-6(5)8/h5,8H,1-4H2. The fourth-order valence-corrected chi connectivity index (χ4v) is 0.970. The first-order chi connectivity index (χ1) is 3.80. The molecular formula is C6H10FN. The number of hydrogen-bond donors (Lipinski definition) is 1. The highest BCUT2D eigenvalue weighted by molar-refractivity contribution is 5.86. The lowest BCUT2D eigenvalue weighted by Gasteiger charge is -2.14. The molecule has 2 heteroatoms. The Bertz CT molecular complexity index is 101. The van der Waals surface area contributed by atoms with Gasteiger partial charge in [0.15, 0.2) is 0 Å². The minimum absolute atomic E-state index is 0.302. The highest BCUT2D eigenvalue weighted by atomic mass is 19.1. The molecule has 1 saturated carbocycles. The van der Waals surface area contributed by atoms with Gasteiger partial charge in [-0.05, 0) is 25.7 Å². The number of nitrogens with one attached hydrogen (secondary N) is 1. The third kappa shape index (κ3) is 1.05. The highest BCUT2D eigenvalue weighted by Gasteiger charge is 2.16. The topological polar surface area (TPSA) is 23.9 Å². The average molecular weight is 115 g/mol. The van der Waals surface area contributed by atoms with Crippen molar-refractivity contribution >= 4 is 5.71 Å². The van der Waals surface area contributed by atoms with Gasteiger partial charge in [-0.1, -0.05) is 0 Å². The largest absolute Gasteiger partial charge is 0.307 e. The lowest BCUT2D eigenvalue weighted by atomic mass is 9.97. The van der Waals surface area contributed by atoms with Crippen molar-refractivity contribution in [1.82, 2.24) is 0 Å². The summed E-state index contributed by atoms with van der Waals surface area (Å²) < 4.78 is 12.4. The summed E-state index contributed by atoms with van der Waals surface area (Å²) in [6.45, 7) is 0. The Balaban J connectivity index is 2.39. The predicted octanol–water partition coefficient (Wildman–Crippen LogP) is 1.92. The molecule has 1 fully saturated rings. The first kappa shape index (κ1) is 5.73. The molecular weight excluding hydrogens is 105 g/mol. The van der Waals surface area contributed by atoms with Crippen molar-refractivity contribution in [2.45, 2.75) is 31.9 Å². The van der Waals surface area contributed by atoms with Crippen LogP contribution in [-0.2, 0) is 0 Å². The molecule has 0 aliphatic heterocycles. The van der Waals surface area contributed by atoms with E-state index in [1.54, 1.807) is 0 Å². The van der Waals surface area contributed by atoms with Crippen molar-refractivity contribution in [2.75, 3.05) is 0 Å². The van der Waals surface area contributed by atoms with Crippen LogP contribution in [0.15, 0.2) is 0 Å². The number of alkyl halides is 1. The highest BCUT2D eigenvalue weighted by Crippen LogP contribution is 2.16. The SMILES string of the molecule is N=C1CCCCC1F. The van der Waals surface area contributed by atoms with Crippen LogP contribution in [0.25, 0.3) is 0 Å². The van der Waals surface area contributed by atoms with E-state index in [0.717, 1.165) is 12.8 Å². The van der Waals surface area contributed by atoms with Gasteiger partial charge in [0.05, 0.1) is 0 Å². The maximum atomic E-state index is 12.4. The third-order valence-electron chi connectivity index (χ3n) is 1.53. The molecule has 0 spiro atoms. The van der Waals surface area contributed by atoms with E-state index >= 15 is 0 Å². The molecule has 0 aromatic heterocycles. The fourth-order valence-electron chi connectivity index (χ4n) is 0.970. The van der Waals surface area contributed by atoms with Crippen molar-refractivity contribution in [1.29, 1.82) is 5.41 Å². The number of halogens is 1. The van der Waals surface area contributed by atoms with Gasteiger partial charge in [-0.2, -0.15) is 0 Å². The lowest BCUT2D eigenvalue weighted by Crippen LogP contribution is -2.18. The Hall–Kier alpha value is -0.400. The first-order valence-corrected chi connectivity index (χ1v) is 3.02. The van der Waals surface area contributed by atoms with Crippen LogP contribution >= 0.6 is 0 Å². The second-order valence-electron chi connectivity index (χ2n) is 2.24. The summed E-state index contributed by atoms with van der Waals surface area (Å²) in [6, 6.07) is 0. The molecule has 1 aliphatic carbocycles. The molecule has 1 nitrogen and oxygen atoms in total. The van der Waals surface area contributed by atoms with Crippen LogP contribution in [0.2, 0.25) is 0 Å². The molecule has 46 valence electrons. The van der Waals surface area contributed by atoms with E-state index in [9.17, 15) is 4.39 Å². The molecule has 0 aromatic rings. The van der Waals surface area contributed by atoms with Crippen LogP contribution < -0.4 is 0 Å². The minimum Gasteiger partial charge on any atom is -0.307 e. The van der Waals surface area contributed by atoms with E-state index in [0.29, 0.717) is 18.6 Å². The molecule has 0 radical (unpaired) electrons. The lowest BCUT2D eigenvalue weighted by molar-refractivity contribution is 0.366. The van der Waals surface area contributed by atoms with Crippen molar-refractivity contribution in [2.24, 2.45) is 0 Å². The normalized spacial score (nSPS) is 30.6. The number of hydrogen-bond acceptors (Lipinski definition) is 1. The van der Waals surface area contributed by atoms with Crippen molar-refractivity contribution in [3.05, 3.63) is 0 Å². The van der Waals surface area contributed by atoms with Gasteiger partial charge >= 0.3 is 0 Å². The van der Waals surface area contributed by atoms with E-state index in [1.807, 2.05) is 0 Å². The fraction of sp³-hybridized carbons (Fsp3) is 0.833. The molecule has 1 atom stereocenters. The van der Waals surface area contributed by atoms with Gasteiger partial charge in [0.1, 0.15) is 6.17 Å². The molecule has 1 rings (SSSR count). The van der Waals surface area contributed by atoms with Crippen LogP contribution in [0.5, 0.6) is 0 Å². The van der Waals surface area contributed by atoms with Crippen LogP contribution in [-0.4, -0.2) is 11.9 Å². The molecule has 8 heavy (non-hydrogen) atoms. The van der Waals surface area contributed by atoms with Gasteiger partial charge < -0.3 is 5.41 Å². The predicted molar refractivity (Wildman–Crippen MR) is 31.1 cm³/mol. The zero-order valence-corrected chi connectivity index (χ0v) is 4.78. The molecule has 1 unspecified atom stereocenters. The minimum atomic E-state index is -0.913. The number of rotatable bonds is 0. The summed E-state index contributed by atoms with van der Waals surface area (Å²) >= 11 is 0. The van der Waals surface area contributed by atoms with Crippen molar-refractivity contribution < 1.29 is 4.39 Å². The van der Waals surface area contributed by atoms with Crippen molar-refractivity contribution in [3.63, 3.8) is 0 Å². The van der Waals surface area contributed by atoms with E-state index in [4.69, 9.17) is 5.41 Å². The smallest absolute Gasteiger partial charge is 0.137 e. The van der Waals surface area contributed by atoms with Gasteiger partial charge in [0.2, 0.25) is 0 Å². The molecule has 0 saturated heterocycles. The Kier molecular flexibility index (Phi) is 1.61. The molecule has 1 aliphatic rings. The summed E-state index contributed by atoms with van der Waals surface area (Å²) in [7, 11) is 0.